The van der Waals surface area contributed by atoms with Crippen molar-refractivity contribution >= 4 is 27.7 Å². The van der Waals surface area contributed by atoms with Crippen molar-refractivity contribution in [3.05, 3.63) is 23.8 Å². The van der Waals surface area contributed by atoms with Crippen molar-refractivity contribution in [1.29, 1.82) is 0 Å². The van der Waals surface area contributed by atoms with E-state index in [9.17, 15) is 22.0 Å². The normalized spacial score (nSPS) is 20.9. The third-order valence-electron chi connectivity index (χ3n) is 4.53. The predicted octanol–water partition coefficient (Wildman–Crippen LogP) is 0.0272. The molecule has 2 aliphatic rings. The lowest BCUT2D eigenvalue weighted by molar-refractivity contribution is 0.0589. The van der Waals surface area contributed by atoms with Crippen LogP contribution in [-0.2, 0) is 19.8 Å². The molecule has 1 aromatic rings. The van der Waals surface area contributed by atoms with Gasteiger partial charge in [-0.25, -0.2) is 19.1 Å². The van der Waals surface area contributed by atoms with Crippen LogP contribution in [0.4, 0.5) is 25.0 Å². The minimum atomic E-state index is -3.69. The maximum atomic E-state index is 14.7. The molecule has 2 N–H and O–H groups in total. The highest BCUT2D eigenvalue weighted by molar-refractivity contribution is 7.87. The van der Waals surface area contributed by atoms with E-state index >= 15 is 0 Å². The zero-order valence-corrected chi connectivity index (χ0v) is 16.8. The van der Waals surface area contributed by atoms with E-state index in [1.54, 1.807) is 0 Å². The number of anilines is 2. The molecule has 2 aliphatic heterocycles. The highest BCUT2D eigenvalue weighted by atomic mass is 32.2. The summed E-state index contributed by atoms with van der Waals surface area (Å²) in [6.07, 6.45) is -1.60. The number of amides is 1. The zero-order valence-electron chi connectivity index (χ0n) is 16.0. The average Bonchev–Trinajstić information content (AvgIpc) is 2.84. The number of benzene rings is 1. The van der Waals surface area contributed by atoms with Crippen molar-refractivity contribution in [1.82, 2.24) is 14.5 Å². The number of nitrogens with one attached hydrogen (secondary N) is 2. The van der Waals surface area contributed by atoms with E-state index in [1.807, 2.05) is 0 Å². The van der Waals surface area contributed by atoms with Crippen LogP contribution in [0.15, 0.2) is 12.1 Å². The Hall–Kier alpha value is -2.06. The van der Waals surface area contributed by atoms with E-state index in [-0.39, 0.29) is 31.1 Å². The lowest BCUT2D eigenvalue weighted by atomic mass is 10.2. The number of carbonyl (C=O) groups excluding carboxylic acids is 1. The molecule has 1 aromatic carbocycles. The monoisotopic (exact) mass is 435 g/mol. The minimum absolute atomic E-state index is 0.00378. The number of hydrogen-bond acceptors (Lipinski definition) is 7. The maximum Gasteiger partial charge on any atom is 0.414 e. The second-order valence-corrected chi connectivity index (χ2v) is 8.71. The van der Waals surface area contributed by atoms with Crippen LogP contribution in [0.25, 0.3) is 0 Å². The fraction of sp³-hybridized carbons (Fsp3) is 0.562. The maximum absolute atomic E-state index is 14.7. The number of rotatable bonds is 6. The topological polar surface area (TPSA) is 103 Å². The average molecular weight is 435 g/mol. The minimum Gasteiger partial charge on any atom is -0.443 e. The summed E-state index contributed by atoms with van der Waals surface area (Å²) in [5, 5.41) is 0. The molecule has 2 heterocycles. The fourth-order valence-corrected chi connectivity index (χ4v) is 3.65. The van der Waals surface area contributed by atoms with Crippen molar-refractivity contribution in [2.45, 2.75) is 6.10 Å². The van der Waals surface area contributed by atoms with E-state index in [2.05, 4.69) is 10.2 Å². The van der Waals surface area contributed by atoms with Crippen molar-refractivity contribution in [3.63, 3.8) is 0 Å². The predicted molar refractivity (Wildman–Crippen MR) is 101 cm³/mol. The molecular formula is C16H23F2N5O5S. The van der Waals surface area contributed by atoms with E-state index in [1.165, 1.54) is 19.0 Å². The van der Waals surface area contributed by atoms with Gasteiger partial charge in [0.05, 0.1) is 25.4 Å². The first-order chi connectivity index (χ1) is 13.7. The molecule has 0 saturated carbocycles. The Morgan fingerprint density at radius 2 is 1.97 bits per heavy atom. The summed E-state index contributed by atoms with van der Waals surface area (Å²) in [6.45, 7) is 1.13. The van der Waals surface area contributed by atoms with Gasteiger partial charge in [-0.3, -0.25) is 9.74 Å². The Bertz CT molecular complexity index is 838. The molecule has 1 amide bonds. The first kappa shape index (κ1) is 21.6. The number of carbonyl (C=O) groups is 1. The molecule has 29 heavy (non-hydrogen) atoms. The fourth-order valence-electron chi connectivity index (χ4n) is 2.99. The van der Waals surface area contributed by atoms with Crippen molar-refractivity contribution in [3.8, 4) is 0 Å². The summed E-state index contributed by atoms with van der Waals surface area (Å²) >= 11 is 0. The summed E-state index contributed by atoms with van der Waals surface area (Å²) in [5.41, 5.74) is 2.48. The third kappa shape index (κ3) is 4.93. The Kier molecular flexibility index (Phi) is 6.53. The number of cyclic esters (lactones) is 1. The van der Waals surface area contributed by atoms with Gasteiger partial charge in [0.1, 0.15) is 11.8 Å². The van der Waals surface area contributed by atoms with Crippen LogP contribution >= 0.6 is 0 Å². The second kappa shape index (κ2) is 8.75. The molecular weight excluding hydrogens is 412 g/mol. The summed E-state index contributed by atoms with van der Waals surface area (Å²) < 4.78 is 61.3. The van der Waals surface area contributed by atoms with Gasteiger partial charge in [0.15, 0.2) is 11.6 Å². The van der Waals surface area contributed by atoms with Crippen molar-refractivity contribution < 1.29 is 31.6 Å². The van der Waals surface area contributed by atoms with Crippen LogP contribution in [-0.4, -0.2) is 78.3 Å². The Balaban J connectivity index is 1.73. The van der Waals surface area contributed by atoms with Crippen LogP contribution in [0, 0.1) is 11.6 Å². The molecule has 10 nitrogen and oxygen atoms in total. The molecule has 0 radical (unpaired) electrons. The highest BCUT2D eigenvalue weighted by Crippen LogP contribution is 2.31. The molecule has 162 valence electrons. The smallest absolute Gasteiger partial charge is 0.414 e. The molecule has 3 rings (SSSR count). The summed E-state index contributed by atoms with van der Waals surface area (Å²) in [4.78, 5) is 19.8. The standard InChI is InChI=1S/C16H23F2N5O5S/c1-21(2)29(25,26)20-9-12-10-23(16(24)28-12)11-7-13(17)15(14(18)8-11)22-4-3-19-27-6-5-22/h7-8,12,19-20H,3-6,9-10H2,1-2H3/t12-/m0/s1. The molecule has 0 unspecified atom stereocenters. The highest BCUT2D eigenvalue weighted by Gasteiger charge is 2.34. The summed E-state index contributed by atoms with van der Waals surface area (Å²) in [6, 6.07) is 2.12. The third-order valence-corrected chi connectivity index (χ3v) is 6.02. The van der Waals surface area contributed by atoms with E-state index in [0.29, 0.717) is 19.6 Å². The quantitative estimate of drug-likeness (QED) is 0.650. The Labute approximate surface area is 167 Å². The van der Waals surface area contributed by atoms with Crippen LogP contribution in [0.2, 0.25) is 0 Å². The number of hydroxylamine groups is 1. The van der Waals surface area contributed by atoms with Crippen molar-refractivity contribution in [2.75, 3.05) is 63.2 Å². The molecule has 0 aliphatic carbocycles. The Morgan fingerprint density at radius 3 is 2.62 bits per heavy atom. The lowest BCUT2D eigenvalue weighted by Crippen LogP contribution is -2.40. The first-order valence-electron chi connectivity index (χ1n) is 8.93. The largest absolute Gasteiger partial charge is 0.443 e. The number of nitrogens with zero attached hydrogens (tertiary/aromatic N) is 3. The second-order valence-electron chi connectivity index (χ2n) is 6.74. The van der Waals surface area contributed by atoms with Gasteiger partial charge in [0, 0.05) is 45.9 Å². The molecule has 13 heteroatoms. The van der Waals surface area contributed by atoms with E-state index < -0.39 is 34.0 Å². The zero-order chi connectivity index (χ0) is 21.2. The van der Waals surface area contributed by atoms with Crippen LogP contribution in [0.3, 0.4) is 0 Å². The number of ether oxygens (including phenoxy) is 1. The van der Waals surface area contributed by atoms with Gasteiger partial charge in [-0.05, 0) is 0 Å². The van der Waals surface area contributed by atoms with E-state index in [0.717, 1.165) is 21.3 Å². The van der Waals surface area contributed by atoms with Gasteiger partial charge in [-0.15, -0.1) is 0 Å². The van der Waals surface area contributed by atoms with Gasteiger partial charge in [-0.1, -0.05) is 0 Å². The van der Waals surface area contributed by atoms with Crippen LogP contribution < -0.4 is 20.0 Å². The molecule has 1 atom stereocenters. The molecule has 0 spiro atoms. The van der Waals surface area contributed by atoms with Gasteiger partial charge in [-0.2, -0.15) is 17.4 Å². The van der Waals surface area contributed by atoms with Gasteiger partial charge in [0.25, 0.3) is 10.2 Å². The number of halogens is 2. The van der Waals surface area contributed by atoms with Gasteiger partial charge in [0.2, 0.25) is 0 Å². The number of hydrogen-bond donors (Lipinski definition) is 2. The molecule has 0 bridgehead atoms. The molecule has 2 fully saturated rings. The first-order valence-corrected chi connectivity index (χ1v) is 10.4. The Morgan fingerprint density at radius 1 is 1.28 bits per heavy atom. The lowest BCUT2D eigenvalue weighted by Gasteiger charge is -2.24. The summed E-state index contributed by atoms with van der Waals surface area (Å²) in [7, 11) is -0.975. The van der Waals surface area contributed by atoms with Crippen LogP contribution in [0.5, 0.6) is 0 Å². The SMILES string of the molecule is CN(C)S(=O)(=O)NC[C@H]1CN(c2cc(F)c(N3CCNOCC3)c(F)c2)C(=O)O1. The molecule has 0 aromatic heterocycles. The van der Waals surface area contributed by atoms with Crippen LogP contribution in [0.1, 0.15) is 0 Å². The molecule has 2 saturated heterocycles. The van der Waals surface area contributed by atoms with Crippen molar-refractivity contribution in [2.24, 2.45) is 0 Å². The summed E-state index contributed by atoms with van der Waals surface area (Å²) in [5.74, 6) is -1.63. The van der Waals surface area contributed by atoms with Gasteiger partial charge >= 0.3 is 6.09 Å². The van der Waals surface area contributed by atoms with Gasteiger partial charge < -0.3 is 9.64 Å². The van der Waals surface area contributed by atoms with E-state index in [4.69, 9.17) is 9.57 Å².